The van der Waals surface area contributed by atoms with Crippen LogP contribution in [-0.2, 0) is 19.1 Å². The average Bonchev–Trinajstić information content (AvgIpc) is 3.18. The largest absolute Gasteiger partial charge is 0.465 e. The van der Waals surface area contributed by atoms with E-state index in [0.29, 0.717) is 31.3 Å². The van der Waals surface area contributed by atoms with E-state index in [2.05, 4.69) is 4.74 Å². The van der Waals surface area contributed by atoms with Crippen LogP contribution in [0.1, 0.15) is 58.8 Å². The molecule has 0 bridgehead atoms. The third-order valence-electron chi connectivity index (χ3n) is 9.74. The molecule has 16 heteroatoms. The normalized spacial score (nSPS) is 34.0. The van der Waals surface area contributed by atoms with Gasteiger partial charge in [-0.05, 0) is 73.3 Å². The molecule has 0 N–H and O–H groups in total. The summed E-state index contributed by atoms with van der Waals surface area (Å²) in [6.45, 7) is 3.48. The lowest BCUT2D eigenvalue weighted by molar-refractivity contribution is -0.347. The minimum absolute atomic E-state index is 0.0636. The van der Waals surface area contributed by atoms with Crippen molar-refractivity contribution in [3.8, 4) is 0 Å². The number of carbonyl (C=O) groups excluding carboxylic acids is 2. The standard InChI is InChI=1S/C26H26F12O4/c1-20-9-7-13(41-18(39)22(27,28)24(31,32)26(36,37)38)11-12(20)3-4-14-15-5-6-17(21(15,2)10-8-16(14)20)42-19(40)23(29,30)25(33,34)35/h3,11,14-17H,4-10H2,1-2H3/t14-,15-,16-,17?,20-,21-/m0/s1. The van der Waals surface area contributed by atoms with Crippen LogP contribution in [0.25, 0.3) is 0 Å². The third-order valence-corrected chi connectivity index (χ3v) is 9.74. The molecule has 0 amide bonds. The molecular weight excluding hydrogens is 604 g/mol. The molecule has 1 unspecified atom stereocenters. The zero-order valence-electron chi connectivity index (χ0n) is 22.1. The van der Waals surface area contributed by atoms with Crippen molar-refractivity contribution in [2.75, 3.05) is 0 Å². The van der Waals surface area contributed by atoms with Gasteiger partial charge in [-0.25, -0.2) is 9.59 Å². The number of carbonyl (C=O) groups is 2. The Kier molecular flexibility index (Phi) is 7.58. The second kappa shape index (κ2) is 9.80. The quantitative estimate of drug-likeness (QED) is 0.229. The van der Waals surface area contributed by atoms with Crippen LogP contribution in [0.5, 0.6) is 0 Å². The summed E-state index contributed by atoms with van der Waals surface area (Å²) in [7, 11) is 0. The van der Waals surface area contributed by atoms with Crippen molar-refractivity contribution in [3.63, 3.8) is 0 Å². The van der Waals surface area contributed by atoms with Crippen LogP contribution in [0.2, 0.25) is 0 Å². The number of esters is 2. The molecular formula is C26H26F12O4. The Morgan fingerprint density at radius 3 is 1.98 bits per heavy atom. The second-order valence-electron chi connectivity index (χ2n) is 11.9. The molecule has 4 nitrogen and oxygen atoms in total. The Bertz CT molecular complexity index is 1190. The summed E-state index contributed by atoms with van der Waals surface area (Å²) in [5.41, 5.74) is -1.10. The summed E-state index contributed by atoms with van der Waals surface area (Å²) in [6.07, 6.45) is -9.84. The first kappa shape index (κ1) is 32.5. The average molecular weight is 630 g/mol. The van der Waals surface area contributed by atoms with Crippen molar-refractivity contribution in [3.05, 3.63) is 23.5 Å². The molecule has 238 valence electrons. The maximum absolute atomic E-state index is 13.8. The Balaban J connectivity index is 1.51. The van der Waals surface area contributed by atoms with Gasteiger partial charge in [0.15, 0.2) is 0 Å². The van der Waals surface area contributed by atoms with Gasteiger partial charge in [0, 0.05) is 11.8 Å². The van der Waals surface area contributed by atoms with E-state index in [1.165, 1.54) is 0 Å². The molecule has 2 fully saturated rings. The van der Waals surface area contributed by atoms with Crippen molar-refractivity contribution in [2.24, 2.45) is 28.6 Å². The molecule has 0 aromatic heterocycles. The highest BCUT2D eigenvalue weighted by molar-refractivity contribution is 5.80. The predicted molar refractivity (Wildman–Crippen MR) is 118 cm³/mol. The zero-order chi connectivity index (χ0) is 31.9. The molecule has 4 rings (SSSR count). The number of halogens is 12. The molecule has 0 aromatic rings. The van der Waals surface area contributed by atoms with Crippen molar-refractivity contribution in [1.29, 1.82) is 0 Å². The predicted octanol–water partition coefficient (Wildman–Crippen LogP) is 7.93. The molecule has 4 aliphatic carbocycles. The monoisotopic (exact) mass is 630 g/mol. The van der Waals surface area contributed by atoms with Gasteiger partial charge in [-0.2, -0.15) is 52.7 Å². The smallest absolute Gasteiger partial charge is 0.457 e. The van der Waals surface area contributed by atoms with E-state index in [1.54, 1.807) is 13.0 Å². The molecule has 42 heavy (non-hydrogen) atoms. The summed E-state index contributed by atoms with van der Waals surface area (Å²) in [6, 6.07) is 0. The maximum Gasteiger partial charge on any atom is 0.465 e. The molecule has 0 aliphatic heterocycles. The van der Waals surface area contributed by atoms with E-state index in [0.717, 1.165) is 6.08 Å². The number of alkyl halides is 12. The SMILES string of the molecule is C[C@]12CCC(OC(=O)C(F)(F)C(F)(F)C(F)(F)F)=CC1=CC[C@@H]1[C@@H]2CC[C@]2(C)C(OC(=O)C(F)(F)C(F)(F)F)CC[C@@H]12. The van der Waals surface area contributed by atoms with Crippen LogP contribution < -0.4 is 0 Å². The topological polar surface area (TPSA) is 52.6 Å². The lowest BCUT2D eigenvalue weighted by Gasteiger charge is -2.56. The third kappa shape index (κ3) is 4.78. The summed E-state index contributed by atoms with van der Waals surface area (Å²) in [5.74, 6) is -25.3. The van der Waals surface area contributed by atoms with Crippen LogP contribution in [-0.4, -0.2) is 48.2 Å². The van der Waals surface area contributed by atoms with Crippen LogP contribution in [0.15, 0.2) is 23.5 Å². The van der Waals surface area contributed by atoms with Crippen molar-refractivity contribution >= 4 is 11.9 Å². The number of hydrogen-bond donors (Lipinski definition) is 0. The lowest BCUT2D eigenvalue weighted by atomic mass is 9.48. The molecule has 0 saturated heterocycles. The summed E-state index contributed by atoms with van der Waals surface area (Å²) in [4.78, 5) is 23.5. The van der Waals surface area contributed by atoms with E-state index in [9.17, 15) is 62.3 Å². The van der Waals surface area contributed by atoms with Crippen LogP contribution >= 0.6 is 0 Å². The number of ether oxygens (including phenoxy) is 2. The highest BCUT2D eigenvalue weighted by Crippen LogP contribution is 2.65. The Morgan fingerprint density at radius 1 is 0.786 bits per heavy atom. The highest BCUT2D eigenvalue weighted by atomic mass is 19.4. The summed E-state index contributed by atoms with van der Waals surface area (Å²) in [5, 5.41) is 0. The van der Waals surface area contributed by atoms with Gasteiger partial charge < -0.3 is 9.47 Å². The number of fused-ring (bicyclic) bond motifs is 5. The van der Waals surface area contributed by atoms with E-state index in [-0.39, 0.29) is 37.0 Å². The molecule has 0 heterocycles. The Hall–Kier alpha value is -2.42. The van der Waals surface area contributed by atoms with Crippen LogP contribution in [0, 0.1) is 28.6 Å². The van der Waals surface area contributed by atoms with E-state index < -0.39 is 64.8 Å². The Labute approximate surface area is 231 Å². The molecule has 0 aromatic carbocycles. The summed E-state index contributed by atoms with van der Waals surface area (Å²) >= 11 is 0. The van der Waals surface area contributed by atoms with Gasteiger partial charge in [0.1, 0.15) is 11.9 Å². The number of hydrogen-bond acceptors (Lipinski definition) is 4. The number of allylic oxidation sites excluding steroid dienone is 4. The van der Waals surface area contributed by atoms with E-state index in [4.69, 9.17) is 4.74 Å². The van der Waals surface area contributed by atoms with Crippen molar-refractivity contribution < 1.29 is 71.7 Å². The summed E-state index contributed by atoms with van der Waals surface area (Å²) < 4.78 is 165. The molecule has 6 atom stereocenters. The first-order valence-corrected chi connectivity index (χ1v) is 13.0. The van der Waals surface area contributed by atoms with Gasteiger partial charge in [0.2, 0.25) is 0 Å². The van der Waals surface area contributed by atoms with Gasteiger partial charge in [-0.1, -0.05) is 19.9 Å². The van der Waals surface area contributed by atoms with Gasteiger partial charge in [-0.15, -0.1) is 0 Å². The van der Waals surface area contributed by atoms with Crippen LogP contribution in [0.4, 0.5) is 52.7 Å². The number of rotatable bonds is 5. The minimum Gasteiger partial charge on any atom is -0.457 e. The molecule has 0 radical (unpaired) electrons. The fourth-order valence-corrected chi connectivity index (χ4v) is 7.33. The zero-order valence-corrected chi connectivity index (χ0v) is 22.1. The van der Waals surface area contributed by atoms with Crippen LogP contribution in [0.3, 0.4) is 0 Å². The first-order chi connectivity index (χ1) is 18.9. The fraction of sp³-hybridized carbons (Fsp3) is 0.769. The minimum atomic E-state index is -6.71. The molecule has 0 spiro atoms. The fourth-order valence-electron chi connectivity index (χ4n) is 7.33. The van der Waals surface area contributed by atoms with E-state index >= 15 is 0 Å². The van der Waals surface area contributed by atoms with Gasteiger partial charge in [-0.3, -0.25) is 0 Å². The highest BCUT2D eigenvalue weighted by Gasteiger charge is 2.77. The van der Waals surface area contributed by atoms with Crippen molar-refractivity contribution in [2.45, 2.75) is 95.0 Å². The van der Waals surface area contributed by atoms with E-state index in [1.807, 2.05) is 6.92 Å². The van der Waals surface area contributed by atoms with Gasteiger partial charge in [0.05, 0.1) is 0 Å². The maximum atomic E-state index is 13.8. The first-order valence-electron chi connectivity index (χ1n) is 13.0. The van der Waals surface area contributed by atoms with Crippen molar-refractivity contribution in [1.82, 2.24) is 0 Å². The lowest BCUT2D eigenvalue weighted by Crippen LogP contribution is -2.56. The van der Waals surface area contributed by atoms with Gasteiger partial charge >= 0.3 is 42.1 Å². The van der Waals surface area contributed by atoms with Gasteiger partial charge in [0.25, 0.3) is 0 Å². The Morgan fingerprint density at radius 2 is 1.40 bits per heavy atom. The molecule has 2 saturated carbocycles. The second-order valence-corrected chi connectivity index (χ2v) is 11.9. The molecule has 4 aliphatic rings.